The molecule has 0 spiro atoms. The molecule has 0 fully saturated rings. The third kappa shape index (κ3) is 5.32. The predicted octanol–water partition coefficient (Wildman–Crippen LogP) is 3.34. The van der Waals surface area contributed by atoms with Crippen molar-refractivity contribution in [3.05, 3.63) is 42.5 Å². The Morgan fingerprint density at radius 2 is 1.86 bits per heavy atom. The summed E-state index contributed by atoms with van der Waals surface area (Å²) in [6.45, 7) is 2.82. The van der Waals surface area contributed by atoms with Crippen molar-refractivity contribution in [1.29, 1.82) is 0 Å². The zero-order chi connectivity index (χ0) is 15.1. The minimum Gasteiger partial charge on any atom is -0.390 e. The van der Waals surface area contributed by atoms with Gasteiger partial charge in [0.05, 0.1) is 25.4 Å². The molecule has 0 aliphatic rings. The van der Waals surface area contributed by atoms with Gasteiger partial charge in [-0.15, -0.1) is 11.8 Å². The first-order chi connectivity index (χ1) is 10.2. The van der Waals surface area contributed by atoms with Crippen molar-refractivity contribution in [3.8, 4) is 0 Å². The van der Waals surface area contributed by atoms with Crippen LogP contribution in [0.15, 0.2) is 47.4 Å². The Morgan fingerprint density at radius 3 is 2.62 bits per heavy atom. The number of fused-ring (bicyclic) bond motifs is 1. The number of hydrogen-bond donors (Lipinski definition) is 1. The topological polar surface area (TPSA) is 38.7 Å². The zero-order valence-corrected chi connectivity index (χ0v) is 13.3. The van der Waals surface area contributed by atoms with E-state index in [1.54, 1.807) is 18.9 Å². The Bertz CT molecular complexity index is 558. The summed E-state index contributed by atoms with van der Waals surface area (Å²) in [6.07, 6.45) is -0.462. The van der Waals surface area contributed by atoms with Gasteiger partial charge in [-0.25, -0.2) is 0 Å². The summed E-state index contributed by atoms with van der Waals surface area (Å²) >= 11 is 1.65. The van der Waals surface area contributed by atoms with Gasteiger partial charge < -0.3 is 14.6 Å². The van der Waals surface area contributed by atoms with Crippen LogP contribution >= 0.6 is 11.8 Å². The van der Waals surface area contributed by atoms with Crippen molar-refractivity contribution < 1.29 is 14.6 Å². The number of thioether (sulfide) groups is 1. The van der Waals surface area contributed by atoms with Crippen LogP contribution in [0, 0.1) is 0 Å². The van der Waals surface area contributed by atoms with E-state index in [0.29, 0.717) is 19.0 Å². The van der Waals surface area contributed by atoms with E-state index in [1.165, 1.54) is 10.8 Å². The van der Waals surface area contributed by atoms with Crippen molar-refractivity contribution >= 4 is 22.5 Å². The van der Waals surface area contributed by atoms with Crippen LogP contribution in [0.2, 0.25) is 0 Å². The van der Waals surface area contributed by atoms with Crippen molar-refractivity contribution in [2.75, 3.05) is 26.1 Å². The number of benzene rings is 2. The summed E-state index contributed by atoms with van der Waals surface area (Å²) in [6, 6.07) is 14.6. The van der Waals surface area contributed by atoms with Gasteiger partial charge in [0.25, 0.3) is 0 Å². The van der Waals surface area contributed by atoms with Crippen LogP contribution in [-0.4, -0.2) is 43.4 Å². The minimum atomic E-state index is -0.472. The Hall–Kier alpha value is -1.07. The van der Waals surface area contributed by atoms with E-state index in [1.807, 2.05) is 19.1 Å². The normalized spacial score (nSPS) is 14.2. The molecule has 0 saturated heterocycles. The zero-order valence-electron chi connectivity index (χ0n) is 12.5. The maximum absolute atomic E-state index is 9.95. The quantitative estimate of drug-likeness (QED) is 0.759. The van der Waals surface area contributed by atoms with Crippen LogP contribution in [0.25, 0.3) is 10.8 Å². The maximum Gasteiger partial charge on any atom is 0.0867 e. The molecule has 1 N–H and O–H groups in total. The second-order valence-corrected chi connectivity index (χ2v) is 6.17. The molecule has 0 bridgehead atoms. The van der Waals surface area contributed by atoms with E-state index < -0.39 is 6.10 Å². The molecule has 3 nitrogen and oxygen atoms in total. The number of methoxy groups -OCH3 is 1. The summed E-state index contributed by atoms with van der Waals surface area (Å²) in [5.41, 5.74) is 0. The first-order valence-electron chi connectivity index (χ1n) is 7.09. The molecule has 2 rings (SSSR count). The highest BCUT2D eigenvalue weighted by Crippen LogP contribution is 2.24. The summed E-state index contributed by atoms with van der Waals surface area (Å²) in [7, 11) is 1.64. The van der Waals surface area contributed by atoms with Gasteiger partial charge >= 0.3 is 0 Å². The van der Waals surface area contributed by atoms with Gasteiger partial charge in [0.1, 0.15) is 0 Å². The molecule has 0 aromatic heterocycles. The first-order valence-corrected chi connectivity index (χ1v) is 8.08. The molecular formula is C17H22O3S. The lowest BCUT2D eigenvalue weighted by Gasteiger charge is -2.15. The van der Waals surface area contributed by atoms with Crippen LogP contribution in [0.3, 0.4) is 0 Å². The average Bonchev–Trinajstić information content (AvgIpc) is 2.51. The molecule has 2 unspecified atom stereocenters. The van der Waals surface area contributed by atoms with Crippen molar-refractivity contribution in [1.82, 2.24) is 0 Å². The number of ether oxygens (including phenoxy) is 2. The highest BCUT2D eigenvalue weighted by Gasteiger charge is 2.09. The van der Waals surface area contributed by atoms with E-state index in [9.17, 15) is 5.11 Å². The van der Waals surface area contributed by atoms with E-state index in [2.05, 4.69) is 30.3 Å². The van der Waals surface area contributed by atoms with Gasteiger partial charge in [0.2, 0.25) is 0 Å². The summed E-state index contributed by atoms with van der Waals surface area (Å²) < 4.78 is 10.5. The fourth-order valence-electron chi connectivity index (χ4n) is 2.06. The van der Waals surface area contributed by atoms with E-state index in [0.717, 1.165) is 4.90 Å². The van der Waals surface area contributed by atoms with Crippen molar-refractivity contribution in [3.63, 3.8) is 0 Å². The lowest BCUT2D eigenvalue weighted by molar-refractivity contribution is -0.0257. The molecule has 21 heavy (non-hydrogen) atoms. The second-order valence-electron chi connectivity index (χ2n) is 5.07. The Labute approximate surface area is 130 Å². The highest BCUT2D eigenvalue weighted by molar-refractivity contribution is 7.99. The number of aliphatic hydroxyl groups is 1. The number of rotatable bonds is 8. The van der Waals surface area contributed by atoms with Gasteiger partial charge in [-0.3, -0.25) is 0 Å². The molecule has 2 atom stereocenters. The molecule has 2 aromatic carbocycles. The first kappa shape index (κ1) is 16.3. The molecule has 0 radical (unpaired) electrons. The fraction of sp³-hybridized carbons (Fsp3) is 0.412. The number of hydrogen-bond acceptors (Lipinski definition) is 4. The summed E-state index contributed by atoms with van der Waals surface area (Å²) in [4.78, 5) is 1.16. The monoisotopic (exact) mass is 306 g/mol. The predicted molar refractivity (Wildman–Crippen MR) is 88.0 cm³/mol. The summed E-state index contributed by atoms with van der Waals surface area (Å²) in [5, 5.41) is 12.4. The Morgan fingerprint density at radius 1 is 1.10 bits per heavy atom. The van der Waals surface area contributed by atoms with Crippen LogP contribution < -0.4 is 0 Å². The van der Waals surface area contributed by atoms with E-state index in [-0.39, 0.29) is 6.10 Å². The highest BCUT2D eigenvalue weighted by atomic mass is 32.2. The minimum absolute atomic E-state index is 0.00955. The average molecular weight is 306 g/mol. The Kier molecular flexibility index (Phi) is 6.51. The van der Waals surface area contributed by atoms with Gasteiger partial charge in [-0.2, -0.15) is 0 Å². The molecule has 0 amide bonds. The van der Waals surface area contributed by atoms with Gasteiger partial charge in [-0.05, 0) is 29.8 Å². The molecule has 0 heterocycles. The second kappa shape index (κ2) is 8.39. The van der Waals surface area contributed by atoms with Crippen LogP contribution in [0.1, 0.15) is 6.92 Å². The largest absolute Gasteiger partial charge is 0.390 e. The third-order valence-electron chi connectivity index (χ3n) is 3.14. The molecular weight excluding hydrogens is 284 g/mol. The molecule has 2 aromatic rings. The number of aliphatic hydroxyl groups excluding tert-OH is 1. The smallest absolute Gasteiger partial charge is 0.0867 e. The Balaban J connectivity index is 1.81. The van der Waals surface area contributed by atoms with Gasteiger partial charge in [0.15, 0.2) is 0 Å². The van der Waals surface area contributed by atoms with Crippen LogP contribution in [0.4, 0.5) is 0 Å². The summed E-state index contributed by atoms with van der Waals surface area (Å²) in [5.74, 6) is 0.623. The van der Waals surface area contributed by atoms with Crippen molar-refractivity contribution in [2.24, 2.45) is 0 Å². The molecule has 0 aliphatic heterocycles. The molecule has 4 heteroatoms. The van der Waals surface area contributed by atoms with Gasteiger partial charge in [0, 0.05) is 17.8 Å². The van der Waals surface area contributed by atoms with Crippen LogP contribution in [0.5, 0.6) is 0 Å². The lowest BCUT2D eigenvalue weighted by Crippen LogP contribution is -2.24. The van der Waals surface area contributed by atoms with E-state index >= 15 is 0 Å². The van der Waals surface area contributed by atoms with Crippen LogP contribution in [-0.2, 0) is 9.47 Å². The standard InChI is InChI=1S/C17H22O3S/c1-13(10-19-2)20-11-16(18)12-21-17-8-7-14-5-3-4-6-15(14)9-17/h3-9,13,16,18H,10-12H2,1-2H3. The lowest BCUT2D eigenvalue weighted by atomic mass is 10.1. The maximum atomic E-state index is 9.95. The van der Waals surface area contributed by atoms with Crippen molar-refractivity contribution in [2.45, 2.75) is 24.0 Å². The fourth-order valence-corrected chi connectivity index (χ4v) is 2.91. The molecule has 0 saturated carbocycles. The van der Waals surface area contributed by atoms with E-state index in [4.69, 9.17) is 9.47 Å². The van der Waals surface area contributed by atoms with Gasteiger partial charge in [-0.1, -0.05) is 30.3 Å². The molecule has 114 valence electrons. The molecule has 0 aliphatic carbocycles. The SMILES string of the molecule is COCC(C)OCC(O)CSc1ccc2ccccc2c1. The third-order valence-corrected chi connectivity index (χ3v) is 4.28.